The maximum Gasteiger partial charge on any atom is 0.481 e. The number of nitrogens with zero attached hydrogens (tertiary/aromatic N) is 5. The number of hydrogen-bond acceptors (Lipinski definition) is 17. The van der Waals surface area contributed by atoms with Gasteiger partial charge in [-0.3, -0.25) is 18.4 Å². The van der Waals surface area contributed by atoms with Crippen molar-refractivity contribution in [1.82, 2.24) is 24.4 Å². The number of aliphatic hydroxyl groups excluding tert-OH is 3. The number of phosphoric ester groups is 3. The molecule has 23 nitrogen and oxygen atoms in total. The first-order chi connectivity index (χ1) is 22.4. The molecule has 263 valence electrons. The lowest BCUT2D eigenvalue weighted by Gasteiger charge is -2.28. The van der Waals surface area contributed by atoms with E-state index in [-0.39, 0.29) is 29.0 Å². The quantitative estimate of drug-likeness (QED) is 0.0759. The monoisotopic (exact) mass is 740 g/mol. The van der Waals surface area contributed by atoms with Gasteiger partial charge in [0.15, 0.2) is 25.0 Å². The summed E-state index contributed by atoms with van der Waals surface area (Å²) in [4.78, 5) is 63.8. The van der Waals surface area contributed by atoms with E-state index >= 15 is 0 Å². The number of nitrogen functional groups attached to an aromatic ring is 1. The number of rotatable bonds is 13. The SMILES string of the molecule is NC(=O)C1=CN(C2O[C@H](COP(=O)(O)OP(=O)(O)OC[C@H]3[B][C@@H](n4cnc5c(N)ncnc54)[C@H](OP(=O)(O)O)[C@@H]3O)C(O)C2O)C=CC1. The van der Waals surface area contributed by atoms with Crippen LogP contribution in [0.4, 0.5) is 5.82 Å². The van der Waals surface area contributed by atoms with Crippen LogP contribution in [-0.4, -0.2) is 122 Å². The number of fused-ring (bicyclic) bond motifs is 1. The average Bonchev–Trinajstić information content (AvgIpc) is 3.64. The largest absolute Gasteiger partial charge is 0.481 e. The molecule has 2 fully saturated rings. The summed E-state index contributed by atoms with van der Waals surface area (Å²) in [6, 6.07) is 0. The van der Waals surface area contributed by atoms with Gasteiger partial charge in [-0.05, 0) is 12.2 Å². The lowest BCUT2D eigenvalue weighted by Crippen LogP contribution is -2.40. The smallest absolute Gasteiger partial charge is 0.391 e. The Balaban J connectivity index is 1.20. The number of ether oxygens (including phenoxy) is 1. The minimum atomic E-state index is -5.46. The zero-order chi connectivity index (χ0) is 35.2. The molecule has 10 atom stereocenters. The van der Waals surface area contributed by atoms with Crippen molar-refractivity contribution in [3.8, 4) is 0 Å². The molecule has 1 radical (unpaired) electrons. The molecule has 0 spiro atoms. The Bertz CT molecular complexity index is 1740. The third kappa shape index (κ3) is 8.21. The molecule has 0 bridgehead atoms. The van der Waals surface area contributed by atoms with Crippen LogP contribution < -0.4 is 11.5 Å². The number of phosphoric acid groups is 3. The van der Waals surface area contributed by atoms with E-state index in [9.17, 15) is 53.4 Å². The van der Waals surface area contributed by atoms with Crippen LogP contribution in [0.15, 0.2) is 36.7 Å². The van der Waals surface area contributed by atoms with Crippen molar-refractivity contribution >= 4 is 53.6 Å². The van der Waals surface area contributed by atoms with E-state index < -0.39 is 91.1 Å². The molecule has 3 aliphatic rings. The fraction of sp³-hybridized carbons (Fsp3) is 0.524. The second kappa shape index (κ2) is 13.9. The van der Waals surface area contributed by atoms with Gasteiger partial charge < -0.3 is 60.6 Å². The lowest BCUT2D eigenvalue weighted by molar-refractivity contribution is -0.115. The number of carbonyl (C=O) groups is 1. The summed E-state index contributed by atoms with van der Waals surface area (Å²) in [6.45, 7) is -1.84. The summed E-state index contributed by atoms with van der Waals surface area (Å²) < 4.78 is 62.2. The Kier molecular flexibility index (Phi) is 10.6. The Morgan fingerprint density at radius 1 is 1.02 bits per heavy atom. The number of anilines is 1. The van der Waals surface area contributed by atoms with Gasteiger partial charge in [-0.15, -0.1) is 0 Å². The summed E-state index contributed by atoms with van der Waals surface area (Å²) in [5.41, 5.74) is 11.5. The van der Waals surface area contributed by atoms with Gasteiger partial charge in [0.2, 0.25) is 5.91 Å². The molecule has 2 aromatic heterocycles. The van der Waals surface area contributed by atoms with Crippen LogP contribution in [-0.2, 0) is 41.1 Å². The highest BCUT2D eigenvalue weighted by molar-refractivity contribution is 7.61. The number of nitrogens with two attached hydrogens (primary N) is 2. The summed E-state index contributed by atoms with van der Waals surface area (Å²) >= 11 is 0. The summed E-state index contributed by atoms with van der Waals surface area (Å²) in [5, 5.41) is 31.7. The molecule has 2 saturated heterocycles. The maximum atomic E-state index is 12.6. The Hall–Kier alpha value is -2.63. The molecule has 1 amide bonds. The molecule has 27 heteroatoms. The Morgan fingerprint density at radius 2 is 1.71 bits per heavy atom. The van der Waals surface area contributed by atoms with Crippen LogP contribution >= 0.6 is 23.5 Å². The second-order valence-corrected chi connectivity index (χ2v) is 14.9. The van der Waals surface area contributed by atoms with E-state index in [1.807, 2.05) is 0 Å². The predicted molar refractivity (Wildman–Crippen MR) is 157 cm³/mol. The van der Waals surface area contributed by atoms with Gasteiger partial charge in [-0.1, -0.05) is 6.08 Å². The summed E-state index contributed by atoms with van der Waals surface area (Å²) in [6.07, 6.45) is -2.69. The van der Waals surface area contributed by atoms with E-state index in [1.165, 1.54) is 35.5 Å². The number of aromatic nitrogens is 4. The molecular formula is C21H30BN7O16P3. The van der Waals surface area contributed by atoms with Crippen LogP contribution in [0.1, 0.15) is 12.4 Å². The number of imidazole rings is 1. The highest BCUT2D eigenvalue weighted by atomic mass is 31.3. The highest BCUT2D eigenvalue weighted by Gasteiger charge is 2.50. The van der Waals surface area contributed by atoms with Crippen molar-refractivity contribution < 1.29 is 76.0 Å². The van der Waals surface area contributed by atoms with Crippen LogP contribution in [0.5, 0.6) is 0 Å². The number of amides is 1. The van der Waals surface area contributed by atoms with Crippen LogP contribution in [0.3, 0.4) is 0 Å². The van der Waals surface area contributed by atoms with Crippen molar-refractivity contribution in [3.05, 3.63) is 36.7 Å². The van der Waals surface area contributed by atoms with Crippen molar-refractivity contribution in [2.45, 2.75) is 54.9 Å². The molecule has 0 saturated carbocycles. The zero-order valence-electron chi connectivity index (χ0n) is 24.2. The fourth-order valence-corrected chi connectivity index (χ4v) is 7.92. The molecule has 48 heavy (non-hydrogen) atoms. The van der Waals surface area contributed by atoms with E-state index in [0.29, 0.717) is 0 Å². The van der Waals surface area contributed by atoms with E-state index in [2.05, 4.69) is 19.3 Å². The molecule has 2 aromatic rings. The molecule has 5 unspecified atom stereocenters. The van der Waals surface area contributed by atoms with Gasteiger partial charge in [-0.25, -0.2) is 28.6 Å². The summed E-state index contributed by atoms with van der Waals surface area (Å²) in [7, 11) is -14.9. The molecule has 0 aromatic carbocycles. The van der Waals surface area contributed by atoms with Crippen LogP contribution in [0, 0.1) is 0 Å². The number of primary amides is 1. The molecule has 0 aliphatic carbocycles. The highest BCUT2D eigenvalue weighted by Crippen LogP contribution is 2.61. The van der Waals surface area contributed by atoms with Gasteiger partial charge in [0.1, 0.15) is 36.3 Å². The van der Waals surface area contributed by atoms with E-state index in [0.717, 1.165) is 6.33 Å². The van der Waals surface area contributed by atoms with Crippen molar-refractivity contribution in [2.75, 3.05) is 18.9 Å². The van der Waals surface area contributed by atoms with Gasteiger partial charge in [0.05, 0.1) is 25.6 Å². The van der Waals surface area contributed by atoms with Crippen molar-refractivity contribution in [2.24, 2.45) is 5.73 Å². The third-order valence-corrected chi connectivity index (χ3v) is 10.5. The van der Waals surface area contributed by atoms with Gasteiger partial charge in [0.25, 0.3) is 0 Å². The number of carbonyl (C=O) groups excluding carboxylic acids is 1. The fourth-order valence-electron chi connectivity index (χ4n) is 5.24. The van der Waals surface area contributed by atoms with Crippen molar-refractivity contribution in [1.29, 1.82) is 0 Å². The Labute approximate surface area is 270 Å². The summed E-state index contributed by atoms with van der Waals surface area (Å²) in [5.74, 6) is -3.23. The van der Waals surface area contributed by atoms with Gasteiger partial charge in [-0.2, -0.15) is 4.31 Å². The molecular weight excluding hydrogens is 710 g/mol. The number of hydrogen-bond donors (Lipinski definition) is 9. The number of allylic oxidation sites excluding steroid dienone is 1. The van der Waals surface area contributed by atoms with Gasteiger partial charge >= 0.3 is 23.5 Å². The van der Waals surface area contributed by atoms with E-state index in [1.54, 1.807) is 6.08 Å². The lowest BCUT2D eigenvalue weighted by atomic mass is 9.64. The Morgan fingerprint density at radius 3 is 2.38 bits per heavy atom. The van der Waals surface area contributed by atoms with Crippen LogP contribution in [0.2, 0.25) is 5.82 Å². The first kappa shape index (κ1) is 36.7. The first-order valence-corrected chi connectivity index (χ1v) is 18.2. The predicted octanol–water partition coefficient (Wildman–Crippen LogP) is -2.46. The second-order valence-electron chi connectivity index (χ2n) is 10.7. The zero-order valence-corrected chi connectivity index (χ0v) is 26.9. The van der Waals surface area contributed by atoms with E-state index in [4.69, 9.17) is 29.8 Å². The average molecular weight is 740 g/mol. The van der Waals surface area contributed by atoms with Crippen molar-refractivity contribution in [3.63, 3.8) is 0 Å². The first-order valence-electron chi connectivity index (χ1n) is 13.7. The minimum absolute atomic E-state index is 0.0150. The molecule has 5 rings (SSSR count). The molecule has 3 aliphatic heterocycles. The molecule has 11 N–H and O–H groups in total. The van der Waals surface area contributed by atoms with Gasteiger partial charge in [0, 0.05) is 23.9 Å². The maximum absolute atomic E-state index is 12.6. The third-order valence-electron chi connectivity index (χ3n) is 7.43. The molecule has 5 heterocycles. The topological polar surface area (TPSA) is 355 Å². The standard InChI is InChI=1S/C21H30BN7O16P3/c23-18-12-20(26-7-25-18)29(8-27-12)17-16(44-46(34,35)36)13(30)10(22-17)5-41-47(37,38)45-48(39,40)42-6-11-14(31)15(32)21(43-11)28-3-1-2-9(4-28)19(24)33/h1,3-4,7-8,10-11,13-17,21,30-32H,2,5-6H2,(H2,24,33)(H,37,38)(H,39,40)(H2,23,25,26)(H2,34,35,36)/t10-,11-,13-,14?,15?,16-,17+,21?/m1/s1. The number of aliphatic hydroxyl groups is 3. The van der Waals surface area contributed by atoms with Crippen LogP contribution in [0.25, 0.3) is 11.2 Å². The normalized spacial score (nSPS) is 31.7. The minimum Gasteiger partial charge on any atom is -0.391 e.